The van der Waals surface area contributed by atoms with Gasteiger partial charge in [-0.2, -0.15) is 5.26 Å². The van der Waals surface area contributed by atoms with Gasteiger partial charge in [-0.25, -0.2) is 9.78 Å². The van der Waals surface area contributed by atoms with E-state index < -0.39 is 5.63 Å². The maximum atomic E-state index is 12.1. The largest absolute Gasteiger partial charge is 0.438 e. The van der Waals surface area contributed by atoms with Crippen molar-refractivity contribution in [3.8, 4) is 6.07 Å². The van der Waals surface area contributed by atoms with Gasteiger partial charge in [-0.3, -0.25) is 9.32 Å². The molecule has 1 N–H and O–H groups in total. The van der Waals surface area contributed by atoms with E-state index in [1.807, 2.05) is 6.07 Å². The van der Waals surface area contributed by atoms with E-state index in [9.17, 15) is 14.9 Å². The minimum absolute atomic E-state index is 0.0247. The van der Waals surface area contributed by atoms with Crippen LogP contribution in [0.3, 0.4) is 0 Å². The SMILES string of the molecule is C[n+]1[nH]oc(=O)c1C(=O)CSc1nc2c(cc1C#N)CCC2. The molecular weight excluding hydrogens is 304 g/mol. The van der Waals surface area contributed by atoms with E-state index in [4.69, 9.17) is 0 Å². The second-order valence-electron chi connectivity index (χ2n) is 5.01. The molecule has 0 aliphatic heterocycles. The smallest absolute Gasteiger partial charge is 0.286 e. The van der Waals surface area contributed by atoms with E-state index >= 15 is 0 Å². The fraction of sp³-hybridized carbons (Fsp3) is 0.357. The maximum Gasteiger partial charge on any atom is 0.438 e. The molecule has 2 aromatic heterocycles. The Hall–Kier alpha value is -2.40. The van der Waals surface area contributed by atoms with Gasteiger partial charge in [0.1, 0.15) is 11.1 Å². The number of H-pyrrole nitrogens is 1. The van der Waals surface area contributed by atoms with E-state index in [-0.39, 0.29) is 17.2 Å². The fourth-order valence-electron chi connectivity index (χ4n) is 2.49. The quantitative estimate of drug-likeness (QED) is 0.501. The molecule has 2 heterocycles. The molecule has 0 atom stereocenters. The number of nitriles is 1. The van der Waals surface area contributed by atoms with Gasteiger partial charge in [0.15, 0.2) is 7.05 Å². The van der Waals surface area contributed by atoms with Crippen LogP contribution in [-0.4, -0.2) is 21.8 Å². The number of nitrogens with zero attached hydrogens (tertiary/aromatic N) is 3. The second kappa shape index (κ2) is 5.77. The summed E-state index contributed by atoms with van der Waals surface area (Å²) < 4.78 is 5.80. The summed E-state index contributed by atoms with van der Waals surface area (Å²) in [6.45, 7) is 0. The topological polar surface area (TPSA) is 104 Å². The van der Waals surface area contributed by atoms with E-state index in [1.165, 1.54) is 23.5 Å². The highest BCUT2D eigenvalue weighted by atomic mass is 32.2. The van der Waals surface area contributed by atoms with Crippen LogP contribution >= 0.6 is 11.8 Å². The maximum absolute atomic E-state index is 12.1. The molecule has 0 unspecified atom stereocenters. The molecule has 7 nitrogen and oxygen atoms in total. The molecule has 8 heteroatoms. The number of aromatic amines is 1. The number of fused-ring (bicyclic) bond motifs is 1. The van der Waals surface area contributed by atoms with Crippen LogP contribution in [0.25, 0.3) is 0 Å². The molecule has 0 radical (unpaired) electrons. The highest BCUT2D eigenvalue weighted by Crippen LogP contribution is 2.27. The van der Waals surface area contributed by atoms with E-state index in [1.54, 1.807) is 0 Å². The number of aromatic nitrogens is 3. The highest BCUT2D eigenvalue weighted by Gasteiger charge is 2.27. The molecule has 0 saturated carbocycles. The Kier molecular flexibility index (Phi) is 3.81. The van der Waals surface area contributed by atoms with Crippen LogP contribution in [0.5, 0.6) is 0 Å². The van der Waals surface area contributed by atoms with Gasteiger partial charge in [0.2, 0.25) is 5.78 Å². The Labute approximate surface area is 129 Å². The number of hydrogen-bond acceptors (Lipinski definition) is 6. The van der Waals surface area contributed by atoms with Gasteiger partial charge in [-0.15, -0.1) is 0 Å². The first-order chi connectivity index (χ1) is 10.6. The molecule has 2 aromatic rings. The van der Waals surface area contributed by atoms with E-state index in [2.05, 4.69) is 20.8 Å². The number of pyridine rings is 1. The van der Waals surface area contributed by atoms with Gasteiger partial charge >= 0.3 is 11.3 Å². The van der Waals surface area contributed by atoms with Crippen molar-refractivity contribution < 1.29 is 14.0 Å². The van der Waals surface area contributed by atoms with Crippen molar-refractivity contribution in [1.29, 1.82) is 5.26 Å². The summed E-state index contributed by atoms with van der Waals surface area (Å²) in [5.41, 5.74) is 1.84. The van der Waals surface area contributed by atoms with Crippen molar-refractivity contribution in [3.05, 3.63) is 39.0 Å². The molecule has 0 spiro atoms. The Balaban J connectivity index is 1.81. The second-order valence-corrected chi connectivity index (χ2v) is 5.98. The minimum atomic E-state index is -0.699. The van der Waals surface area contributed by atoms with Crippen molar-refractivity contribution in [2.75, 3.05) is 5.75 Å². The van der Waals surface area contributed by atoms with Crippen molar-refractivity contribution >= 4 is 17.5 Å². The summed E-state index contributed by atoms with van der Waals surface area (Å²) in [6.07, 6.45) is 2.89. The summed E-state index contributed by atoms with van der Waals surface area (Å²) in [7, 11) is 1.52. The number of carbonyl (C=O) groups excluding carboxylic acids is 1. The molecule has 22 heavy (non-hydrogen) atoms. The molecule has 0 saturated heterocycles. The van der Waals surface area contributed by atoms with E-state index in [0.717, 1.165) is 30.5 Å². The Morgan fingerprint density at radius 3 is 3.09 bits per heavy atom. The van der Waals surface area contributed by atoms with Gasteiger partial charge in [0, 0.05) is 5.69 Å². The van der Waals surface area contributed by atoms with Crippen molar-refractivity contribution in [1.82, 2.24) is 10.3 Å². The number of thioether (sulfide) groups is 1. The number of Topliss-reactive ketones (excluding diaryl/α,β-unsaturated/α-hetero) is 1. The predicted octanol–water partition coefficient (Wildman–Crippen LogP) is 0.523. The highest BCUT2D eigenvalue weighted by molar-refractivity contribution is 8.00. The summed E-state index contributed by atoms with van der Waals surface area (Å²) in [6, 6.07) is 3.97. The van der Waals surface area contributed by atoms with Crippen molar-refractivity contribution in [3.63, 3.8) is 0 Å². The molecule has 0 amide bonds. The summed E-state index contributed by atoms with van der Waals surface area (Å²) in [4.78, 5) is 28.1. The van der Waals surface area contributed by atoms with Crippen LogP contribution in [0, 0.1) is 11.3 Å². The lowest BCUT2D eigenvalue weighted by molar-refractivity contribution is -0.741. The lowest BCUT2D eigenvalue weighted by atomic mass is 10.2. The summed E-state index contributed by atoms with van der Waals surface area (Å²) in [5.74, 6) is -0.342. The average Bonchev–Trinajstić information content (AvgIpc) is 3.09. The number of carbonyl (C=O) groups is 1. The van der Waals surface area contributed by atoms with Crippen molar-refractivity contribution in [2.24, 2.45) is 7.05 Å². The normalized spacial score (nSPS) is 12.9. The predicted molar refractivity (Wildman–Crippen MR) is 76.5 cm³/mol. The minimum Gasteiger partial charge on any atom is -0.286 e. The molecule has 1 aliphatic carbocycles. The lowest BCUT2D eigenvalue weighted by Crippen LogP contribution is -2.39. The number of nitrogens with one attached hydrogen (secondary N) is 1. The fourth-order valence-corrected chi connectivity index (χ4v) is 3.33. The van der Waals surface area contributed by atoms with Crippen LogP contribution in [-0.2, 0) is 19.9 Å². The third-order valence-corrected chi connectivity index (χ3v) is 4.54. The zero-order chi connectivity index (χ0) is 15.7. The van der Waals surface area contributed by atoms with Crippen molar-refractivity contribution in [2.45, 2.75) is 24.3 Å². The molecule has 3 rings (SSSR count). The molecule has 1 aliphatic rings. The third-order valence-electron chi connectivity index (χ3n) is 3.54. The first-order valence-corrected chi connectivity index (χ1v) is 7.75. The van der Waals surface area contributed by atoms with Crippen LogP contribution in [0.15, 0.2) is 20.4 Å². The molecule has 0 aromatic carbocycles. The van der Waals surface area contributed by atoms with Crippen LogP contribution in [0.2, 0.25) is 0 Å². The molecule has 0 fully saturated rings. The standard InChI is InChI=1S/C14H12N4O3S/c1-18-12(14(20)21-17-18)11(19)7-22-13-9(6-15)5-8-3-2-4-10(8)16-13/h5H,2-4,7H2,1H3/p+1. The van der Waals surface area contributed by atoms with Gasteiger partial charge in [-0.1, -0.05) is 16.4 Å². The lowest BCUT2D eigenvalue weighted by Gasteiger charge is -2.05. The van der Waals surface area contributed by atoms with Crippen LogP contribution in [0.4, 0.5) is 0 Å². The third kappa shape index (κ3) is 2.55. The number of ketones is 1. The van der Waals surface area contributed by atoms with Crippen LogP contribution in [0.1, 0.15) is 33.7 Å². The zero-order valence-electron chi connectivity index (χ0n) is 11.9. The zero-order valence-corrected chi connectivity index (χ0v) is 12.7. The number of hydrogen-bond donors (Lipinski definition) is 1. The summed E-state index contributed by atoms with van der Waals surface area (Å²) in [5, 5.41) is 12.1. The monoisotopic (exact) mass is 317 g/mol. The Bertz CT molecular complexity index is 847. The molecule has 112 valence electrons. The first-order valence-electron chi connectivity index (χ1n) is 6.76. The first kappa shape index (κ1) is 14.5. The molecule has 0 bridgehead atoms. The summed E-state index contributed by atoms with van der Waals surface area (Å²) >= 11 is 1.17. The Morgan fingerprint density at radius 1 is 1.59 bits per heavy atom. The number of rotatable bonds is 4. The van der Waals surface area contributed by atoms with E-state index in [0.29, 0.717) is 10.6 Å². The Morgan fingerprint density at radius 2 is 2.41 bits per heavy atom. The van der Waals surface area contributed by atoms with Gasteiger partial charge in [0.25, 0.3) is 0 Å². The van der Waals surface area contributed by atoms with Gasteiger partial charge in [0.05, 0.1) is 11.3 Å². The molecular formula is C14H13N4O3S+. The number of aryl methyl sites for hydroxylation is 3. The average molecular weight is 317 g/mol. The van der Waals surface area contributed by atoms with Gasteiger partial charge < -0.3 is 0 Å². The van der Waals surface area contributed by atoms with Crippen LogP contribution < -0.4 is 10.3 Å². The van der Waals surface area contributed by atoms with Gasteiger partial charge in [-0.05, 0) is 36.2 Å².